The van der Waals surface area contributed by atoms with Crippen LogP contribution < -0.4 is 0 Å². The van der Waals surface area contributed by atoms with E-state index in [-0.39, 0.29) is 11.9 Å². The second-order valence-corrected chi connectivity index (χ2v) is 6.62. The summed E-state index contributed by atoms with van der Waals surface area (Å²) in [5.41, 5.74) is 0. The van der Waals surface area contributed by atoms with Gasteiger partial charge in [-0.15, -0.1) is 0 Å². The van der Waals surface area contributed by atoms with Crippen LogP contribution in [0.1, 0.15) is 111 Å². The van der Waals surface area contributed by atoms with Crippen LogP contribution >= 0.6 is 0 Å². The number of esters is 1. The number of ether oxygens (including phenoxy) is 1. The quantitative estimate of drug-likeness (QED) is 0.235. The van der Waals surface area contributed by atoms with Crippen molar-refractivity contribution in [3.05, 3.63) is 0 Å². The summed E-state index contributed by atoms with van der Waals surface area (Å²) < 4.78 is 5.53. The second kappa shape index (κ2) is 16.8. The van der Waals surface area contributed by atoms with Crippen LogP contribution in [0.5, 0.6) is 0 Å². The molecule has 0 aromatic rings. The average Bonchev–Trinajstić information content (AvgIpc) is 2.53. The number of carbonyl (C=O) groups is 1. The molecule has 0 heterocycles. The normalized spacial score (nSPS) is 11.1. The lowest BCUT2D eigenvalue weighted by Crippen LogP contribution is -2.18. The minimum Gasteiger partial charge on any atom is -0.465 e. The molecule has 0 saturated carbocycles. The molecule has 0 spiro atoms. The lowest BCUT2D eigenvalue weighted by atomic mass is 9.94. The maximum atomic E-state index is 12.3. The fraction of sp³-hybridized carbons (Fsp3) is 0.950. The summed E-state index contributed by atoms with van der Waals surface area (Å²) in [7, 11) is 0. The monoisotopic (exact) mass is 312 g/mol. The second-order valence-electron chi connectivity index (χ2n) is 6.62. The SMILES string of the molecule is CCCCCCOC(=O)C(CCCCCC)CCCCCC. The van der Waals surface area contributed by atoms with E-state index in [9.17, 15) is 4.79 Å². The van der Waals surface area contributed by atoms with Gasteiger partial charge in [-0.1, -0.05) is 91.4 Å². The van der Waals surface area contributed by atoms with Crippen molar-refractivity contribution in [1.29, 1.82) is 0 Å². The van der Waals surface area contributed by atoms with Crippen LogP contribution in [0.25, 0.3) is 0 Å². The zero-order valence-electron chi connectivity index (χ0n) is 15.5. The molecule has 2 nitrogen and oxygen atoms in total. The maximum absolute atomic E-state index is 12.3. The lowest BCUT2D eigenvalue weighted by molar-refractivity contribution is -0.149. The van der Waals surface area contributed by atoms with E-state index in [2.05, 4.69) is 20.8 Å². The zero-order chi connectivity index (χ0) is 16.5. The molecule has 0 aliphatic carbocycles. The number of hydrogen-bond acceptors (Lipinski definition) is 2. The molecule has 132 valence electrons. The van der Waals surface area contributed by atoms with E-state index in [0.717, 1.165) is 19.3 Å². The third-order valence-electron chi connectivity index (χ3n) is 4.39. The van der Waals surface area contributed by atoms with Gasteiger partial charge >= 0.3 is 5.97 Å². The summed E-state index contributed by atoms with van der Waals surface area (Å²) in [5.74, 6) is 0.226. The number of hydrogen-bond donors (Lipinski definition) is 0. The van der Waals surface area contributed by atoms with E-state index in [0.29, 0.717) is 6.61 Å². The van der Waals surface area contributed by atoms with Crippen molar-refractivity contribution in [2.45, 2.75) is 111 Å². The molecule has 0 radical (unpaired) electrons. The van der Waals surface area contributed by atoms with Gasteiger partial charge in [-0.2, -0.15) is 0 Å². The predicted octanol–water partition coefficient (Wildman–Crippen LogP) is 6.67. The van der Waals surface area contributed by atoms with Gasteiger partial charge < -0.3 is 4.74 Å². The minimum atomic E-state index is 0.0736. The van der Waals surface area contributed by atoms with E-state index in [1.807, 2.05) is 0 Å². The Hall–Kier alpha value is -0.530. The summed E-state index contributed by atoms with van der Waals surface area (Å²) in [6, 6.07) is 0. The highest BCUT2D eigenvalue weighted by Crippen LogP contribution is 2.20. The lowest BCUT2D eigenvalue weighted by Gasteiger charge is -2.16. The van der Waals surface area contributed by atoms with Gasteiger partial charge in [-0.25, -0.2) is 0 Å². The van der Waals surface area contributed by atoms with Crippen molar-refractivity contribution in [3.8, 4) is 0 Å². The van der Waals surface area contributed by atoms with Crippen LogP contribution in [0.3, 0.4) is 0 Å². The van der Waals surface area contributed by atoms with Gasteiger partial charge in [-0.3, -0.25) is 4.79 Å². The number of rotatable bonds is 16. The van der Waals surface area contributed by atoms with E-state index in [1.165, 1.54) is 70.6 Å². The van der Waals surface area contributed by atoms with Crippen LogP contribution in [0.4, 0.5) is 0 Å². The van der Waals surface area contributed by atoms with Crippen LogP contribution in [-0.2, 0) is 9.53 Å². The van der Waals surface area contributed by atoms with Crippen molar-refractivity contribution in [1.82, 2.24) is 0 Å². The first-order chi connectivity index (χ1) is 10.8. The molecule has 22 heavy (non-hydrogen) atoms. The van der Waals surface area contributed by atoms with Gasteiger partial charge in [0.2, 0.25) is 0 Å². The minimum absolute atomic E-state index is 0.0736. The molecule has 0 amide bonds. The van der Waals surface area contributed by atoms with Gasteiger partial charge in [0.15, 0.2) is 0 Å². The Kier molecular flexibility index (Phi) is 16.4. The molecule has 0 rings (SSSR count). The molecule has 0 aromatic carbocycles. The molecule has 0 aliphatic rings. The van der Waals surface area contributed by atoms with Crippen molar-refractivity contribution in [2.24, 2.45) is 5.92 Å². The molecule has 0 atom stereocenters. The summed E-state index contributed by atoms with van der Waals surface area (Å²) in [4.78, 5) is 12.3. The van der Waals surface area contributed by atoms with Crippen molar-refractivity contribution in [3.63, 3.8) is 0 Å². The summed E-state index contributed by atoms with van der Waals surface area (Å²) in [6.45, 7) is 7.29. The Morgan fingerprint density at radius 2 is 1.14 bits per heavy atom. The Morgan fingerprint density at radius 3 is 1.59 bits per heavy atom. The summed E-state index contributed by atoms with van der Waals surface area (Å²) >= 11 is 0. The van der Waals surface area contributed by atoms with Gasteiger partial charge in [0.25, 0.3) is 0 Å². The highest BCUT2D eigenvalue weighted by molar-refractivity contribution is 5.72. The largest absolute Gasteiger partial charge is 0.465 e. The molecule has 0 N–H and O–H groups in total. The van der Waals surface area contributed by atoms with Crippen LogP contribution in [0, 0.1) is 5.92 Å². The van der Waals surface area contributed by atoms with Gasteiger partial charge in [-0.05, 0) is 19.3 Å². The first-order valence-electron chi connectivity index (χ1n) is 9.92. The van der Waals surface area contributed by atoms with Crippen LogP contribution in [-0.4, -0.2) is 12.6 Å². The Bertz CT molecular complexity index is 226. The standard InChI is InChI=1S/C20H40O2/c1-4-7-10-13-16-19(17-14-11-8-5-2)20(21)22-18-15-12-9-6-3/h19H,4-18H2,1-3H3. The van der Waals surface area contributed by atoms with Gasteiger partial charge in [0, 0.05) is 0 Å². The van der Waals surface area contributed by atoms with Crippen LogP contribution in [0.15, 0.2) is 0 Å². The fourth-order valence-corrected chi connectivity index (χ4v) is 2.83. The topological polar surface area (TPSA) is 26.3 Å². The van der Waals surface area contributed by atoms with E-state index < -0.39 is 0 Å². The Balaban J connectivity index is 3.97. The van der Waals surface area contributed by atoms with Crippen LogP contribution in [0.2, 0.25) is 0 Å². The van der Waals surface area contributed by atoms with Gasteiger partial charge in [0.05, 0.1) is 12.5 Å². The molecule has 0 unspecified atom stereocenters. The van der Waals surface area contributed by atoms with E-state index in [1.54, 1.807) is 0 Å². The highest BCUT2D eigenvalue weighted by atomic mass is 16.5. The Morgan fingerprint density at radius 1 is 0.682 bits per heavy atom. The zero-order valence-corrected chi connectivity index (χ0v) is 15.5. The van der Waals surface area contributed by atoms with E-state index >= 15 is 0 Å². The smallest absolute Gasteiger partial charge is 0.308 e. The Labute approximate surface area is 139 Å². The predicted molar refractivity (Wildman–Crippen MR) is 96.1 cm³/mol. The molecular formula is C20H40O2. The average molecular weight is 313 g/mol. The highest BCUT2D eigenvalue weighted by Gasteiger charge is 2.19. The fourth-order valence-electron chi connectivity index (χ4n) is 2.83. The molecule has 2 heteroatoms. The molecule has 0 fully saturated rings. The van der Waals surface area contributed by atoms with Crippen molar-refractivity contribution in [2.75, 3.05) is 6.61 Å². The van der Waals surface area contributed by atoms with Crippen molar-refractivity contribution >= 4 is 5.97 Å². The maximum Gasteiger partial charge on any atom is 0.308 e. The third-order valence-corrected chi connectivity index (χ3v) is 4.39. The number of carbonyl (C=O) groups excluding carboxylic acids is 1. The van der Waals surface area contributed by atoms with E-state index in [4.69, 9.17) is 4.74 Å². The molecule has 0 aromatic heterocycles. The molecule has 0 aliphatic heterocycles. The summed E-state index contributed by atoms with van der Waals surface area (Å²) in [5, 5.41) is 0. The van der Waals surface area contributed by atoms with Crippen molar-refractivity contribution < 1.29 is 9.53 Å². The molecule has 0 bridgehead atoms. The first-order valence-corrected chi connectivity index (χ1v) is 9.92. The molecular weight excluding hydrogens is 272 g/mol. The third kappa shape index (κ3) is 13.2. The first kappa shape index (κ1) is 21.5. The molecule has 0 saturated heterocycles. The number of unbranched alkanes of at least 4 members (excludes halogenated alkanes) is 9. The summed E-state index contributed by atoms with van der Waals surface area (Å²) in [6.07, 6.45) is 16.7. The van der Waals surface area contributed by atoms with Gasteiger partial charge in [0.1, 0.15) is 0 Å².